The summed E-state index contributed by atoms with van der Waals surface area (Å²) in [6.07, 6.45) is 5.30. The molecule has 0 saturated heterocycles. The van der Waals surface area contributed by atoms with Crippen LogP contribution in [-0.4, -0.2) is 9.89 Å². The van der Waals surface area contributed by atoms with Gasteiger partial charge in [-0.2, -0.15) is 0 Å². The molecule has 4 heteroatoms. The predicted molar refractivity (Wildman–Crippen MR) is 51.6 cm³/mol. The van der Waals surface area contributed by atoms with Crippen LogP contribution in [0.3, 0.4) is 0 Å². The number of hydrogen-bond donors (Lipinski definition) is 0. The maximum Gasteiger partial charge on any atom is 1.00 e. The monoisotopic (exact) mass is 292 g/mol. The normalized spacial score (nSPS) is 11.8. The third-order valence-corrected chi connectivity index (χ3v) is 2.70. The molecule has 0 aromatic carbocycles. The summed E-state index contributed by atoms with van der Waals surface area (Å²) in [6.45, 7) is 2.14. The zero-order chi connectivity index (χ0) is 8.69. The number of carboxylic acids is 1. The average Bonchev–Trinajstić information content (AvgIpc) is 1.97. The summed E-state index contributed by atoms with van der Waals surface area (Å²) in [6, 6.07) is 0. The molecular weight excluding hydrogens is 278 g/mol. The van der Waals surface area contributed by atoms with E-state index in [-0.39, 0.29) is 33.5 Å². The van der Waals surface area contributed by atoms with Gasteiger partial charge in [-0.3, -0.25) is 0 Å². The number of hydrogen-bond acceptors (Lipinski definition) is 2. The first-order valence-electron chi connectivity index (χ1n) is 4.03. The summed E-state index contributed by atoms with van der Waals surface area (Å²) in [4.78, 5) is 10.2. The van der Waals surface area contributed by atoms with Gasteiger partial charge in [0, 0.05) is 0 Å². The van der Waals surface area contributed by atoms with Crippen LogP contribution in [0.5, 0.6) is 0 Å². The van der Waals surface area contributed by atoms with Crippen LogP contribution in [0.15, 0.2) is 0 Å². The second kappa shape index (κ2) is 10.3. The Morgan fingerprint density at radius 2 is 2.00 bits per heavy atom. The molecule has 0 bridgehead atoms. The summed E-state index contributed by atoms with van der Waals surface area (Å²) in [5.74, 6) is -0.929. The molecule has 0 aromatic heterocycles. The molecule has 0 N–H and O–H groups in total. The van der Waals surface area contributed by atoms with Gasteiger partial charge < -0.3 is 9.90 Å². The molecule has 0 aromatic rings. The molecule has 0 spiro atoms. The fourth-order valence-electron chi connectivity index (χ4n) is 0.868. The minimum atomic E-state index is -0.929. The zero-order valence-electron chi connectivity index (χ0n) is 7.81. The van der Waals surface area contributed by atoms with Crippen molar-refractivity contribution >= 4 is 28.6 Å². The van der Waals surface area contributed by atoms with Gasteiger partial charge >= 0.3 is 29.6 Å². The van der Waals surface area contributed by atoms with E-state index in [9.17, 15) is 9.90 Å². The molecule has 0 aliphatic carbocycles. The molecule has 0 rings (SSSR count). The Bertz CT molecular complexity index is 120. The van der Waals surface area contributed by atoms with Crippen LogP contribution in [0.25, 0.3) is 0 Å². The Kier molecular flexibility index (Phi) is 13.4. The first-order valence-corrected chi connectivity index (χ1v) is 5.28. The predicted octanol–water partition coefficient (Wildman–Crippen LogP) is -1.49. The number of unbranched alkanes of at least 4 members (excludes halogenated alkanes) is 3. The molecule has 0 radical (unpaired) electrons. The van der Waals surface area contributed by atoms with Crippen molar-refractivity contribution in [1.29, 1.82) is 0 Å². The van der Waals surface area contributed by atoms with Crippen molar-refractivity contribution in [3.05, 3.63) is 0 Å². The molecule has 66 valence electrons. The van der Waals surface area contributed by atoms with Crippen molar-refractivity contribution in [2.75, 3.05) is 0 Å². The summed E-state index contributed by atoms with van der Waals surface area (Å²) >= 11 is 1.92. The van der Waals surface area contributed by atoms with Gasteiger partial charge in [-0.1, -0.05) is 55.2 Å². The van der Waals surface area contributed by atoms with Crippen LogP contribution in [0, 0.1) is 0 Å². The summed E-state index contributed by atoms with van der Waals surface area (Å²) < 4.78 is -0.301. The Balaban J connectivity index is 0. The van der Waals surface area contributed by atoms with Gasteiger partial charge in [0.1, 0.15) is 0 Å². The molecule has 1 unspecified atom stereocenters. The van der Waals surface area contributed by atoms with Crippen molar-refractivity contribution in [2.45, 2.75) is 43.0 Å². The largest absolute Gasteiger partial charge is 1.00 e. The maximum absolute atomic E-state index is 10.2. The third-order valence-electron chi connectivity index (χ3n) is 1.57. The summed E-state index contributed by atoms with van der Waals surface area (Å²) in [5.41, 5.74) is 0. The number of rotatable bonds is 6. The van der Waals surface area contributed by atoms with E-state index in [0.29, 0.717) is 0 Å². The average molecular weight is 292 g/mol. The van der Waals surface area contributed by atoms with Crippen molar-refractivity contribution in [3.63, 3.8) is 0 Å². The molecule has 0 heterocycles. The van der Waals surface area contributed by atoms with E-state index in [0.717, 1.165) is 19.3 Å². The quantitative estimate of drug-likeness (QED) is 0.259. The number of aliphatic carboxylic acids is 1. The van der Waals surface area contributed by atoms with Gasteiger partial charge in [0.2, 0.25) is 0 Å². The van der Waals surface area contributed by atoms with Crippen LogP contribution < -0.4 is 34.7 Å². The van der Waals surface area contributed by atoms with Crippen LogP contribution in [-0.2, 0) is 4.79 Å². The van der Waals surface area contributed by atoms with Crippen LogP contribution in [0.4, 0.5) is 0 Å². The maximum atomic E-state index is 10.2. The molecule has 0 aliphatic heterocycles. The Morgan fingerprint density at radius 3 is 2.42 bits per heavy atom. The van der Waals surface area contributed by atoms with E-state index in [2.05, 4.69) is 6.92 Å². The second-order valence-corrected chi connectivity index (χ2v) is 4.14. The molecular formula is C8H14INaO2. The molecule has 0 saturated carbocycles. The standard InChI is InChI=1S/C8H15IO2.Na/c1-2-3-4-5-6-7(9)8(10)11;/h7H,2-6H2,1H3,(H,10,11);/q;+1/p-1. The number of carbonyl (C=O) groups is 1. The molecule has 0 amide bonds. The second-order valence-electron chi connectivity index (χ2n) is 2.64. The number of alkyl halides is 1. The van der Waals surface area contributed by atoms with Crippen molar-refractivity contribution < 1.29 is 39.5 Å². The van der Waals surface area contributed by atoms with Crippen molar-refractivity contribution in [2.24, 2.45) is 0 Å². The summed E-state index contributed by atoms with van der Waals surface area (Å²) in [5, 5.41) is 10.2. The van der Waals surface area contributed by atoms with E-state index < -0.39 is 5.97 Å². The first-order chi connectivity index (χ1) is 5.18. The Hall–Kier alpha value is 1.20. The van der Waals surface area contributed by atoms with Gasteiger partial charge in [-0.05, 0) is 6.42 Å². The van der Waals surface area contributed by atoms with E-state index in [1.54, 1.807) is 0 Å². The van der Waals surface area contributed by atoms with Gasteiger partial charge in [0.05, 0.1) is 9.89 Å². The van der Waals surface area contributed by atoms with Gasteiger partial charge in [-0.25, -0.2) is 0 Å². The SMILES string of the molecule is CCCCCCC(I)C(=O)[O-].[Na+]. The van der Waals surface area contributed by atoms with Crippen LogP contribution in [0.2, 0.25) is 0 Å². The number of carbonyl (C=O) groups excluding carboxylic acids is 1. The topological polar surface area (TPSA) is 40.1 Å². The molecule has 1 atom stereocenters. The summed E-state index contributed by atoms with van der Waals surface area (Å²) in [7, 11) is 0. The van der Waals surface area contributed by atoms with Crippen molar-refractivity contribution in [3.8, 4) is 0 Å². The molecule has 0 aliphatic rings. The minimum Gasteiger partial charge on any atom is -0.549 e. The Morgan fingerprint density at radius 1 is 1.42 bits per heavy atom. The number of carboxylic acid groups (broad SMARTS) is 1. The Labute approximate surface area is 110 Å². The van der Waals surface area contributed by atoms with Gasteiger partial charge in [0.25, 0.3) is 0 Å². The van der Waals surface area contributed by atoms with Gasteiger partial charge in [-0.15, -0.1) is 0 Å². The molecule has 2 nitrogen and oxygen atoms in total. The molecule has 0 fully saturated rings. The fraction of sp³-hybridized carbons (Fsp3) is 0.875. The fourth-order valence-corrected chi connectivity index (χ4v) is 1.31. The van der Waals surface area contributed by atoms with Crippen molar-refractivity contribution in [1.82, 2.24) is 0 Å². The van der Waals surface area contributed by atoms with E-state index in [1.165, 1.54) is 12.8 Å². The van der Waals surface area contributed by atoms with Crippen LogP contribution in [0.1, 0.15) is 39.0 Å². The zero-order valence-corrected chi connectivity index (χ0v) is 12.0. The van der Waals surface area contributed by atoms with Gasteiger partial charge in [0.15, 0.2) is 0 Å². The van der Waals surface area contributed by atoms with E-state index >= 15 is 0 Å². The van der Waals surface area contributed by atoms with E-state index in [4.69, 9.17) is 0 Å². The third kappa shape index (κ3) is 9.29. The minimum absolute atomic E-state index is 0. The molecule has 12 heavy (non-hydrogen) atoms. The van der Waals surface area contributed by atoms with Crippen LogP contribution >= 0.6 is 22.6 Å². The first kappa shape index (κ1) is 15.7. The van der Waals surface area contributed by atoms with E-state index in [1.807, 2.05) is 22.6 Å². The number of halogens is 1. The smallest absolute Gasteiger partial charge is 0.549 e.